The lowest BCUT2D eigenvalue weighted by Gasteiger charge is -2.17. The Balaban J connectivity index is 1.32. The highest BCUT2D eigenvalue weighted by Gasteiger charge is 2.22. The summed E-state index contributed by atoms with van der Waals surface area (Å²) >= 11 is 0. The van der Waals surface area contributed by atoms with Crippen LogP contribution in [0, 0.1) is 0 Å². The number of hydrogen-bond acceptors (Lipinski definition) is 7. The minimum atomic E-state index is -0.910. The Hall–Kier alpha value is -3.62. The third kappa shape index (κ3) is 8.92. The van der Waals surface area contributed by atoms with Gasteiger partial charge in [0.15, 0.2) is 0 Å². The van der Waals surface area contributed by atoms with Gasteiger partial charge in [-0.3, -0.25) is 4.79 Å². The van der Waals surface area contributed by atoms with Gasteiger partial charge in [-0.25, -0.2) is 14.6 Å². The average molecular weight is 483 g/mol. The lowest BCUT2D eigenvalue weighted by atomic mass is 10.1. The van der Waals surface area contributed by atoms with Crippen molar-refractivity contribution in [1.82, 2.24) is 15.6 Å². The van der Waals surface area contributed by atoms with E-state index in [1.54, 1.807) is 0 Å². The number of anilines is 1. The number of aromatic nitrogens is 1. The van der Waals surface area contributed by atoms with E-state index in [0.29, 0.717) is 6.42 Å². The van der Waals surface area contributed by atoms with E-state index in [0.717, 1.165) is 55.7 Å². The predicted octanol–water partition coefficient (Wildman–Crippen LogP) is 3.13. The van der Waals surface area contributed by atoms with Crippen molar-refractivity contribution in [2.45, 2.75) is 57.6 Å². The molecule has 3 rings (SSSR count). The van der Waals surface area contributed by atoms with Crippen molar-refractivity contribution in [2.75, 3.05) is 25.5 Å². The maximum Gasteiger partial charge on any atom is 0.408 e. The number of hydrogen-bond donors (Lipinski definition) is 3. The molecule has 0 radical (unpaired) electrons. The number of amides is 2. The number of carbonyl (C=O) groups excluding carboxylic acids is 3. The van der Waals surface area contributed by atoms with E-state index in [4.69, 9.17) is 9.47 Å². The van der Waals surface area contributed by atoms with Crippen molar-refractivity contribution in [1.29, 1.82) is 0 Å². The molecule has 2 aromatic rings. The molecule has 0 saturated heterocycles. The smallest absolute Gasteiger partial charge is 0.408 e. The molecule has 1 aliphatic heterocycles. The molecule has 9 heteroatoms. The highest BCUT2D eigenvalue weighted by Crippen LogP contribution is 2.20. The van der Waals surface area contributed by atoms with Gasteiger partial charge in [-0.2, -0.15) is 0 Å². The predicted molar refractivity (Wildman–Crippen MR) is 132 cm³/mol. The summed E-state index contributed by atoms with van der Waals surface area (Å²) in [7, 11) is 1.25. The number of ether oxygens (including phenoxy) is 2. The quantitative estimate of drug-likeness (QED) is 0.314. The fourth-order valence-corrected chi connectivity index (χ4v) is 3.84. The Morgan fingerprint density at radius 3 is 2.74 bits per heavy atom. The number of esters is 1. The van der Waals surface area contributed by atoms with Crippen LogP contribution < -0.4 is 16.0 Å². The molecule has 1 aromatic heterocycles. The van der Waals surface area contributed by atoms with Gasteiger partial charge in [0.1, 0.15) is 18.5 Å². The second-order valence-corrected chi connectivity index (χ2v) is 8.47. The molecule has 188 valence electrons. The number of fused-ring (bicyclic) bond motifs is 1. The van der Waals surface area contributed by atoms with E-state index in [-0.39, 0.29) is 25.5 Å². The summed E-state index contributed by atoms with van der Waals surface area (Å²) in [5, 5.41) is 8.64. The molecule has 0 fully saturated rings. The average Bonchev–Trinajstić information content (AvgIpc) is 2.89. The number of unbranched alkanes of at least 4 members (excludes halogenated alkanes) is 1. The highest BCUT2D eigenvalue weighted by atomic mass is 16.6. The van der Waals surface area contributed by atoms with Gasteiger partial charge < -0.3 is 25.4 Å². The molecule has 2 heterocycles. The number of nitrogens with zero attached hydrogens (tertiary/aromatic N) is 1. The molecular weight excluding hydrogens is 448 g/mol. The first kappa shape index (κ1) is 26.0. The van der Waals surface area contributed by atoms with Crippen molar-refractivity contribution in [3.63, 3.8) is 0 Å². The number of benzene rings is 1. The molecule has 2 amide bonds. The van der Waals surface area contributed by atoms with Crippen LogP contribution in [0.15, 0.2) is 42.5 Å². The van der Waals surface area contributed by atoms with Crippen LogP contribution in [-0.2, 0) is 38.5 Å². The third-order valence-electron chi connectivity index (χ3n) is 5.78. The van der Waals surface area contributed by atoms with E-state index in [1.165, 1.54) is 12.7 Å². The molecule has 1 aromatic carbocycles. The van der Waals surface area contributed by atoms with Gasteiger partial charge in [0.2, 0.25) is 5.91 Å². The Morgan fingerprint density at radius 1 is 1.11 bits per heavy atom. The van der Waals surface area contributed by atoms with Crippen molar-refractivity contribution in [3.05, 3.63) is 59.3 Å². The summed E-state index contributed by atoms with van der Waals surface area (Å²) in [6, 6.07) is 12.5. The zero-order valence-corrected chi connectivity index (χ0v) is 20.2. The lowest BCUT2D eigenvalue weighted by molar-refractivity contribution is -0.143. The fourth-order valence-electron chi connectivity index (χ4n) is 3.84. The molecule has 0 bridgehead atoms. The van der Waals surface area contributed by atoms with Gasteiger partial charge in [-0.1, -0.05) is 36.4 Å². The Labute approximate surface area is 206 Å². The molecule has 0 aliphatic carbocycles. The second-order valence-electron chi connectivity index (χ2n) is 8.47. The lowest BCUT2D eigenvalue weighted by Crippen LogP contribution is -2.43. The number of nitrogens with one attached hydrogen (secondary N) is 3. The first-order valence-corrected chi connectivity index (χ1v) is 12.1. The van der Waals surface area contributed by atoms with E-state index < -0.39 is 18.1 Å². The molecule has 0 unspecified atom stereocenters. The summed E-state index contributed by atoms with van der Waals surface area (Å²) in [6.45, 7) is 1.29. The van der Waals surface area contributed by atoms with Gasteiger partial charge in [0.25, 0.3) is 0 Å². The first-order chi connectivity index (χ1) is 17.0. The number of aryl methyl sites for hydroxylation is 2. The molecule has 0 spiro atoms. The standard InChI is InChI=1S/C26H34N4O5/c1-34-25(32)22(30-26(33)35-18-19-8-3-2-4-9-19)15-17-27-23(31)12-6-5-11-21-14-13-20-10-7-16-28-24(20)29-21/h2-4,8-9,13-14,22H,5-7,10-12,15-18H2,1H3,(H,27,31)(H,28,29)(H,30,33)/t22-/m1/s1. The summed E-state index contributed by atoms with van der Waals surface area (Å²) in [5.74, 6) is 0.299. The van der Waals surface area contributed by atoms with Crippen LogP contribution in [0.2, 0.25) is 0 Å². The van der Waals surface area contributed by atoms with Crippen LogP contribution >= 0.6 is 0 Å². The van der Waals surface area contributed by atoms with Crippen LogP contribution in [0.1, 0.15) is 48.9 Å². The van der Waals surface area contributed by atoms with Gasteiger partial charge in [0, 0.05) is 25.2 Å². The van der Waals surface area contributed by atoms with Crippen LogP contribution in [0.4, 0.5) is 10.6 Å². The summed E-state index contributed by atoms with van der Waals surface area (Å²) in [4.78, 5) is 41.0. The monoisotopic (exact) mass is 482 g/mol. The van der Waals surface area contributed by atoms with E-state index in [1.807, 2.05) is 30.3 Å². The Morgan fingerprint density at radius 2 is 1.94 bits per heavy atom. The molecule has 1 atom stereocenters. The zero-order chi connectivity index (χ0) is 24.9. The molecule has 3 N–H and O–H groups in total. The topological polar surface area (TPSA) is 119 Å². The normalized spacial score (nSPS) is 13.1. The van der Waals surface area contributed by atoms with Crippen molar-refractivity contribution < 1.29 is 23.9 Å². The number of carbonyl (C=O) groups is 3. The number of methoxy groups -OCH3 is 1. The van der Waals surface area contributed by atoms with Gasteiger partial charge in [0.05, 0.1) is 7.11 Å². The maximum absolute atomic E-state index is 12.2. The second kappa shape index (κ2) is 13.9. The Kier molecular flexibility index (Phi) is 10.3. The third-order valence-corrected chi connectivity index (χ3v) is 5.78. The number of pyridine rings is 1. The Bertz CT molecular complexity index is 983. The summed E-state index contributed by atoms with van der Waals surface area (Å²) in [6.07, 6.45) is 4.49. The van der Waals surface area contributed by atoms with E-state index >= 15 is 0 Å². The van der Waals surface area contributed by atoms with Gasteiger partial charge >= 0.3 is 12.1 Å². The largest absolute Gasteiger partial charge is 0.467 e. The molecule has 9 nitrogen and oxygen atoms in total. The fraction of sp³-hybridized carbons (Fsp3) is 0.462. The summed E-state index contributed by atoms with van der Waals surface area (Å²) < 4.78 is 9.92. The molecular formula is C26H34N4O5. The molecule has 35 heavy (non-hydrogen) atoms. The van der Waals surface area contributed by atoms with Crippen molar-refractivity contribution in [2.24, 2.45) is 0 Å². The van der Waals surface area contributed by atoms with Crippen molar-refractivity contribution in [3.8, 4) is 0 Å². The summed E-state index contributed by atoms with van der Waals surface area (Å²) in [5.41, 5.74) is 3.14. The minimum Gasteiger partial charge on any atom is -0.467 e. The van der Waals surface area contributed by atoms with Gasteiger partial charge in [-0.05, 0) is 55.7 Å². The minimum absolute atomic E-state index is 0.0921. The highest BCUT2D eigenvalue weighted by molar-refractivity contribution is 5.81. The van der Waals surface area contributed by atoms with Gasteiger partial charge in [-0.15, -0.1) is 0 Å². The molecule has 1 aliphatic rings. The maximum atomic E-state index is 12.2. The first-order valence-electron chi connectivity index (χ1n) is 12.1. The number of rotatable bonds is 12. The van der Waals surface area contributed by atoms with E-state index in [2.05, 4.69) is 33.1 Å². The number of alkyl carbamates (subject to hydrolysis) is 1. The van der Waals surface area contributed by atoms with Crippen LogP contribution in [-0.4, -0.2) is 49.2 Å². The zero-order valence-electron chi connectivity index (χ0n) is 20.2. The van der Waals surface area contributed by atoms with Crippen molar-refractivity contribution >= 4 is 23.8 Å². The van der Waals surface area contributed by atoms with Crippen LogP contribution in [0.5, 0.6) is 0 Å². The molecule has 0 saturated carbocycles. The van der Waals surface area contributed by atoms with Crippen LogP contribution in [0.25, 0.3) is 0 Å². The SMILES string of the molecule is COC(=O)[C@@H](CCNC(=O)CCCCc1ccc2c(n1)NCCC2)NC(=O)OCc1ccccc1. The van der Waals surface area contributed by atoms with Crippen LogP contribution in [0.3, 0.4) is 0 Å². The van der Waals surface area contributed by atoms with E-state index in [9.17, 15) is 14.4 Å².